The van der Waals surface area contributed by atoms with Gasteiger partial charge in [0.25, 0.3) is 0 Å². The van der Waals surface area contributed by atoms with Crippen LogP contribution in [0.5, 0.6) is 5.75 Å². The maximum Gasteiger partial charge on any atom is 0.118 e. The molecule has 19 heavy (non-hydrogen) atoms. The lowest BCUT2D eigenvalue weighted by Gasteiger charge is -2.05. The molecule has 2 rings (SSSR count). The van der Waals surface area contributed by atoms with Crippen molar-refractivity contribution in [1.29, 1.82) is 5.26 Å². The second-order valence-electron chi connectivity index (χ2n) is 4.26. The summed E-state index contributed by atoms with van der Waals surface area (Å²) in [6.45, 7) is 2.00. The Morgan fingerprint density at radius 3 is 2.58 bits per heavy atom. The number of nitrogens with zero attached hydrogens (tertiary/aromatic N) is 1. The van der Waals surface area contributed by atoms with Crippen LogP contribution in [0.3, 0.4) is 0 Å². The van der Waals surface area contributed by atoms with Crippen molar-refractivity contribution in [3.63, 3.8) is 0 Å². The van der Waals surface area contributed by atoms with Gasteiger partial charge in [-0.25, -0.2) is 0 Å². The molecule has 0 spiro atoms. The molecule has 0 aliphatic carbocycles. The minimum atomic E-state index is 0.210. The molecular weight excluding hydrogens is 236 g/mol. The lowest BCUT2D eigenvalue weighted by molar-refractivity contribution is 0.475. The summed E-state index contributed by atoms with van der Waals surface area (Å²) in [6.07, 6.45) is 1.74. The summed E-state index contributed by atoms with van der Waals surface area (Å²) in [5.41, 5.74) is 3.32. The summed E-state index contributed by atoms with van der Waals surface area (Å²) >= 11 is 0. The highest BCUT2D eigenvalue weighted by Crippen LogP contribution is 2.15. The molecule has 2 aromatic rings. The monoisotopic (exact) mass is 250 g/mol. The van der Waals surface area contributed by atoms with Gasteiger partial charge in [0.15, 0.2) is 0 Å². The van der Waals surface area contributed by atoms with Crippen molar-refractivity contribution < 1.29 is 5.11 Å². The van der Waals surface area contributed by atoms with E-state index in [0.717, 1.165) is 16.8 Å². The zero-order chi connectivity index (χ0) is 13.7. The van der Waals surface area contributed by atoms with Crippen molar-refractivity contribution in [2.45, 2.75) is 6.92 Å². The summed E-state index contributed by atoms with van der Waals surface area (Å²) in [4.78, 5) is 0. The van der Waals surface area contributed by atoms with Crippen molar-refractivity contribution in [3.05, 3.63) is 65.4 Å². The normalized spacial score (nSPS) is 10.8. The fourth-order valence-electron chi connectivity index (χ4n) is 1.71. The van der Waals surface area contributed by atoms with Gasteiger partial charge in [0.05, 0.1) is 0 Å². The molecule has 2 aromatic carbocycles. The summed E-state index contributed by atoms with van der Waals surface area (Å²) in [5, 5.41) is 21.4. The number of phenolic OH excluding ortho intramolecular Hbond substituents is 1. The van der Waals surface area contributed by atoms with Gasteiger partial charge in [0, 0.05) is 5.69 Å². The first kappa shape index (κ1) is 12.7. The van der Waals surface area contributed by atoms with E-state index in [0.29, 0.717) is 5.70 Å². The molecule has 0 saturated carbocycles. The van der Waals surface area contributed by atoms with Crippen LogP contribution in [0.4, 0.5) is 5.69 Å². The molecule has 0 unspecified atom stereocenters. The minimum Gasteiger partial charge on any atom is -0.508 e. The minimum absolute atomic E-state index is 0.210. The van der Waals surface area contributed by atoms with Crippen LogP contribution < -0.4 is 5.32 Å². The van der Waals surface area contributed by atoms with Gasteiger partial charge in [-0.2, -0.15) is 5.26 Å². The third kappa shape index (κ3) is 3.62. The van der Waals surface area contributed by atoms with Crippen LogP contribution in [-0.4, -0.2) is 5.11 Å². The Bertz CT molecular complexity index is 637. The van der Waals surface area contributed by atoms with Crippen LogP contribution >= 0.6 is 0 Å². The number of aromatic hydroxyl groups is 1. The first-order valence-electron chi connectivity index (χ1n) is 5.92. The second-order valence-corrected chi connectivity index (χ2v) is 4.26. The fraction of sp³-hybridized carbons (Fsp3) is 0.0625. The first-order chi connectivity index (χ1) is 9.17. The van der Waals surface area contributed by atoms with Gasteiger partial charge in [-0.05, 0) is 48.4 Å². The number of hydrogen-bond acceptors (Lipinski definition) is 3. The number of nitriles is 1. The largest absolute Gasteiger partial charge is 0.508 e. The number of allylic oxidation sites excluding steroid dienone is 1. The predicted octanol–water partition coefficient (Wildman–Crippen LogP) is 3.68. The smallest absolute Gasteiger partial charge is 0.118 e. The fourth-order valence-corrected chi connectivity index (χ4v) is 1.71. The average Bonchev–Trinajstić information content (AvgIpc) is 2.40. The van der Waals surface area contributed by atoms with Gasteiger partial charge < -0.3 is 10.4 Å². The van der Waals surface area contributed by atoms with Crippen molar-refractivity contribution in [2.24, 2.45) is 0 Å². The Kier molecular flexibility index (Phi) is 3.84. The number of anilines is 1. The van der Waals surface area contributed by atoms with E-state index in [1.165, 1.54) is 0 Å². The average molecular weight is 250 g/mol. The summed E-state index contributed by atoms with van der Waals surface area (Å²) in [6, 6.07) is 16.6. The Labute approximate surface area is 112 Å². The highest BCUT2D eigenvalue weighted by Gasteiger charge is 1.98. The Balaban J connectivity index is 2.21. The molecule has 0 aliphatic rings. The van der Waals surface area contributed by atoms with Gasteiger partial charge in [-0.3, -0.25) is 0 Å². The Morgan fingerprint density at radius 2 is 1.95 bits per heavy atom. The van der Waals surface area contributed by atoms with Crippen molar-refractivity contribution in [1.82, 2.24) is 0 Å². The van der Waals surface area contributed by atoms with Gasteiger partial charge in [-0.15, -0.1) is 0 Å². The van der Waals surface area contributed by atoms with E-state index >= 15 is 0 Å². The molecule has 0 atom stereocenters. The van der Waals surface area contributed by atoms with Crippen molar-refractivity contribution >= 4 is 11.8 Å². The third-order valence-corrected chi connectivity index (χ3v) is 2.62. The zero-order valence-electron chi connectivity index (χ0n) is 10.6. The van der Waals surface area contributed by atoms with E-state index in [4.69, 9.17) is 5.26 Å². The molecule has 0 aromatic heterocycles. The summed E-state index contributed by atoms with van der Waals surface area (Å²) in [7, 11) is 0. The second kappa shape index (κ2) is 5.74. The van der Waals surface area contributed by atoms with Crippen LogP contribution in [0, 0.1) is 18.3 Å². The Hall–Kier alpha value is -2.73. The van der Waals surface area contributed by atoms with Gasteiger partial charge in [0.2, 0.25) is 0 Å². The molecule has 3 heteroatoms. The van der Waals surface area contributed by atoms with E-state index in [9.17, 15) is 5.11 Å². The lowest BCUT2D eigenvalue weighted by atomic mass is 10.1. The summed E-state index contributed by atoms with van der Waals surface area (Å²) in [5.74, 6) is 0.210. The molecule has 0 heterocycles. The quantitative estimate of drug-likeness (QED) is 0.817. The third-order valence-electron chi connectivity index (χ3n) is 2.62. The number of nitrogens with one attached hydrogen (secondary N) is 1. The lowest BCUT2D eigenvalue weighted by Crippen LogP contribution is -1.97. The number of hydrogen-bond donors (Lipinski definition) is 2. The van der Waals surface area contributed by atoms with Gasteiger partial charge in [0.1, 0.15) is 17.5 Å². The molecule has 0 radical (unpaired) electrons. The number of phenols is 1. The molecule has 0 saturated heterocycles. The molecule has 0 fully saturated rings. The number of rotatable bonds is 3. The standard InChI is InChI=1S/C16H14N2O/c1-12-3-2-4-14(9-12)18-15(11-17)10-13-5-7-16(19)8-6-13/h2-10,18-19H,1H3. The van der Waals surface area contributed by atoms with Crippen LogP contribution in [0.1, 0.15) is 11.1 Å². The van der Waals surface area contributed by atoms with E-state index in [1.54, 1.807) is 30.3 Å². The van der Waals surface area contributed by atoms with Crippen LogP contribution in [-0.2, 0) is 0 Å². The van der Waals surface area contributed by atoms with Gasteiger partial charge >= 0.3 is 0 Å². The highest BCUT2D eigenvalue weighted by molar-refractivity contribution is 5.64. The highest BCUT2D eigenvalue weighted by atomic mass is 16.3. The van der Waals surface area contributed by atoms with E-state index < -0.39 is 0 Å². The first-order valence-corrected chi connectivity index (χ1v) is 5.92. The van der Waals surface area contributed by atoms with E-state index in [2.05, 4.69) is 11.4 Å². The molecule has 0 amide bonds. The van der Waals surface area contributed by atoms with Crippen LogP contribution in [0.15, 0.2) is 54.2 Å². The van der Waals surface area contributed by atoms with Crippen LogP contribution in [0.2, 0.25) is 0 Å². The molecule has 94 valence electrons. The molecule has 0 bridgehead atoms. The number of aryl methyl sites for hydroxylation is 1. The van der Waals surface area contributed by atoms with E-state index in [-0.39, 0.29) is 5.75 Å². The van der Waals surface area contributed by atoms with Crippen LogP contribution in [0.25, 0.3) is 6.08 Å². The topological polar surface area (TPSA) is 56.0 Å². The predicted molar refractivity (Wildman–Crippen MR) is 76.5 cm³/mol. The van der Waals surface area contributed by atoms with Crippen molar-refractivity contribution in [3.8, 4) is 11.8 Å². The van der Waals surface area contributed by atoms with E-state index in [1.807, 2.05) is 31.2 Å². The zero-order valence-corrected chi connectivity index (χ0v) is 10.6. The SMILES string of the molecule is Cc1cccc(NC(C#N)=Cc2ccc(O)cc2)c1. The van der Waals surface area contributed by atoms with Gasteiger partial charge in [-0.1, -0.05) is 24.3 Å². The number of benzene rings is 2. The maximum atomic E-state index is 9.21. The molecule has 2 N–H and O–H groups in total. The summed E-state index contributed by atoms with van der Waals surface area (Å²) < 4.78 is 0. The molecule has 0 aliphatic heterocycles. The van der Waals surface area contributed by atoms with Crippen molar-refractivity contribution in [2.75, 3.05) is 5.32 Å². The maximum absolute atomic E-state index is 9.21. The molecular formula is C16H14N2O. The molecule has 3 nitrogen and oxygen atoms in total. The Morgan fingerprint density at radius 1 is 1.21 bits per heavy atom.